The second-order valence-electron chi connectivity index (χ2n) is 13.2. The van der Waals surface area contributed by atoms with Gasteiger partial charge in [0, 0.05) is 0 Å². The summed E-state index contributed by atoms with van der Waals surface area (Å²) in [5.41, 5.74) is 19.8. The average Bonchev–Trinajstić information content (AvgIpc) is 3.90. The molecule has 24 nitrogen and oxygen atoms in total. The van der Waals surface area contributed by atoms with Crippen LogP contribution in [-0.4, -0.2) is 103 Å². The topological polar surface area (TPSA) is 350 Å². The van der Waals surface area contributed by atoms with Crippen LogP contribution < -0.4 is 22.5 Å². The van der Waals surface area contributed by atoms with E-state index < -0.39 is 23.4 Å². The van der Waals surface area contributed by atoms with Crippen LogP contribution in [0, 0.1) is 11.1 Å². The summed E-state index contributed by atoms with van der Waals surface area (Å²) in [6.07, 6.45) is 4.81. The molecule has 0 aromatic carbocycles. The van der Waals surface area contributed by atoms with E-state index in [2.05, 4.69) is 103 Å². The smallest absolute Gasteiger partial charge is 0.421 e. The van der Waals surface area contributed by atoms with Gasteiger partial charge in [-0.05, 0) is 109 Å². The monoisotopic (exact) mass is 1150 g/mol. The van der Waals surface area contributed by atoms with Crippen molar-refractivity contribution in [3.05, 3.63) is 41.6 Å². The van der Waals surface area contributed by atoms with E-state index in [-0.39, 0.29) is 23.8 Å². The summed E-state index contributed by atoms with van der Waals surface area (Å²) in [4.78, 5) is 79.7. The van der Waals surface area contributed by atoms with Gasteiger partial charge in [-0.15, -0.1) is 0 Å². The van der Waals surface area contributed by atoms with Crippen molar-refractivity contribution in [2.75, 3.05) is 22.5 Å². The van der Waals surface area contributed by atoms with Crippen LogP contribution in [0.5, 0.6) is 0 Å². The van der Waals surface area contributed by atoms with Crippen molar-refractivity contribution in [2.45, 2.75) is 52.7 Å². The van der Waals surface area contributed by atoms with Crippen molar-refractivity contribution in [1.82, 2.24) is 79.3 Å². The van der Waals surface area contributed by atoms with Crippen LogP contribution in [0.25, 0.3) is 44.7 Å². The molecular formula is C30H32ClI3N20O4. The maximum atomic E-state index is 12.0. The van der Waals surface area contributed by atoms with Crippen molar-refractivity contribution in [3.8, 4) is 0 Å². The summed E-state index contributed by atoms with van der Waals surface area (Å²) in [5.74, 6) is 0.661. The van der Waals surface area contributed by atoms with Crippen LogP contribution in [0.15, 0.2) is 25.3 Å². The molecule has 8 rings (SSSR count). The lowest BCUT2D eigenvalue weighted by molar-refractivity contribution is 0.0541. The molecule has 58 heavy (non-hydrogen) atoms. The summed E-state index contributed by atoms with van der Waals surface area (Å²) < 4.78 is 13.7. The van der Waals surface area contributed by atoms with Crippen molar-refractivity contribution < 1.29 is 19.1 Å². The third-order valence-electron chi connectivity index (χ3n) is 6.33. The van der Waals surface area contributed by atoms with Gasteiger partial charge >= 0.3 is 12.2 Å². The third kappa shape index (κ3) is 11.7. The SMILES string of the molecule is CC(C)(C)OC(=O)Nc1nc(I)c2[nH]cnc2n1.CC(C)(C)OC(=O)n1cnc2c(I)nc(N)nc21.Nc1nc(Cl)c2[nH]cnc2n1.Nc1nc(I)c2[nH]cnc2n1. The van der Waals surface area contributed by atoms with Crippen molar-refractivity contribution in [1.29, 1.82) is 0 Å². The zero-order valence-corrected chi connectivity index (χ0v) is 38.2. The van der Waals surface area contributed by atoms with Gasteiger partial charge in [-0.25, -0.2) is 49.0 Å². The highest BCUT2D eigenvalue weighted by atomic mass is 127. The van der Waals surface area contributed by atoms with Gasteiger partial charge in [-0.1, -0.05) is 11.6 Å². The number of carbonyl (C=O) groups is 2. The number of hydrogen-bond donors (Lipinski definition) is 7. The largest absolute Gasteiger partial charge is 0.444 e. The first-order chi connectivity index (χ1) is 27.2. The Balaban J connectivity index is 0.000000151. The van der Waals surface area contributed by atoms with Gasteiger partial charge in [0.2, 0.25) is 23.8 Å². The summed E-state index contributed by atoms with van der Waals surface area (Å²) in [6, 6.07) is 0. The van der Waals surface area contributed by atoms with Crippen LogP contribution >= 0.6 is 79.4 Å². The van der Waals surface area contributed by atoms with E-state index in [1.165, 1.54) is 23.5 Å². The number of carbonyl (C=O) groups excluding carboxylic acids is 2. The molecule has 0 fully saturated rings. The highest BCUT2D eigenvalue weighted by molar-refractivity contribution is 14.1. The standard InChI is InChI=1S/2C10H12IN5O2.C5H4ClN5.C5H4IN5/c1-10(2,3)18-9(17)16-4-13-5-6(11)14-8(12)15-7(5)16;1-10(2,3)18-9(17)16-8-14-6(11)5-7(15-8)13-4-12-5;2*6-3-2-4(9-1-8-2)11-5(7)10-3/h4H,1-3H3,(H2,12,14,15);4H,1-3H3,(H2,12,13,14,15,16,17);2*1H,(H3,7,8,9,10,11). The second-order valence-corrected chi connectivity index (χ2v) is 16.6. The molecule has 0 aliphatic carbocycles. The Labute approximate surface area is 372 Å². The van der Waals surface area contributed by atoms with Gasteiger partial charge in [0.1, 0.15) is 50.7 Å². The normalized spacial score (nSPS) is 11.3. The molecule has 0 atom stereocenters. The van der Waals surface area contributed by atoms with E-state index >= 15 is 0 Å². The lowest BCUT2D eigenvalue weighted by atomic mass is 10.2. The number of aromatic amines is 3. The number of rotatable bonds is 1. The van der Waals surface area contributed by atoms with Gasteiger partial charge in [0.25, 0.3) is 0 Å². The second kappa shape index (κ2) is 18.2. The molecule has 0 unspecified atom stereocenters. The fraction of sp³-hybridized carbons (Fsp3) is 0.267. The molecule has 8 heterocycles. The van der Waals surface area contributed by atoms with E-state index in [9.17, 15) is 9.59 Å². The molecular weight excluding hydrogens is 1120 g/mol. The minimum Gasteiger partial charge on any atom is -0.444 e. The van der Waals surface area contributed by atoms with E-state index in [1.807, 2.05) is 45.2 Å². The van der Waals surface area contributed by atoms with Crippen molar-refractivity contribution >= 4 is 160 Å². The Bertz CT molecular complexity index is 2660. The Morgan fingerprint density at radius 3 is 1.72 bits per heavy atom. The number of H-pyrrole nitrogens is 3. The summed E-state index contributed by atoms with van der Waals surface area (Å²) in [6.45, 7) is 10.7. The van der Waals surface area contributed by atoms with E-state index in [0.29, 0.717) is 46.2 Å². The highest BCUT2D eigenvalue weighted by Gasteiger charge is 2.22. The molecule has 0 saturated carbocycles. The first-order valence-corrected chi connectivity index (χ1v) is 19.8. The van der Waals surface area contributed by atoms with Crippen LogP contribution in [0.4, 0.5) is 33.4 Å². The van der Waals surface area contributed by atoms with Gasteiger partial charge in [-0.3, -0.25) is 5.32 Å². The van der Waals surface area contributed by atoms with Gasteiger partial charge in [0.05, 0.1) is 19.0 Å². The predicted octanol–water partition coefficient (Wildman–Crippen LogP) is 5.23. The minimum atomic E-state index is -0.590. The fourth-order valence-electron chi connectivity index (χ4n) is 4.20. The Morgan fingerprint density at radius 2 is 1.14 bits per heavy atom. The summed E-state index contributed by atoms with van der Waals surface area (Å²) in [5, 5.41) is 2.78. The molecule has 0 spiro atoms. The Hall–Kier alpha value is -5.18. The van der Waals surface area contributed by atoms with Gasteiger partial charge in [-0.2, -0.15) is 24.9 Å². The number of amides is 1. The molecule has 1 amide bonds. The van der Waals surface area contributed by atoms with E-state index in [4.69, 9.17) is 38.3 Å². The highest BCUT2D eigenvalue weighted by Crippen LogP contribution is 2.20. The Morgan fingerprint density at radius 1 is 0.655 bits per heavy atom. The molecule has 8 aromatic rings. The number of fused-ring (bicyclic) bond motifs is 4. The summed E-state index contributed by atoms with van der Waals surface area (Å²) >= 11 is 11.8. The molecule has 304 valence electrons. The zero-order chi connectivity index (χ0) is 42.5. The number of ether oxygens (including phenoxy) is 2. The number of nitrogens with two attached hydrogens (primary N) is 3. The Kier molecular flexibility index (Phi) is 13.8. The number of imidazole rings is 4. The first-order valence-electron chi connectivity index (χ1n) is 16.2. The van der Waals surface area contributed by atoms with Crippen LogP contribution in [0.1, 0.15) is 41.5 Å². The third-order valence-corrected chi connectivity index (χ3v) is 8.92. The van der Waals surface area contributed by atoms with E-state index in [0.717, 1.165) is 14.7 Å². The quantitative estimate of drug-likeness (QED) is 0.0817. The van der Waals surface area contributed by atoms with Crippen LogP contribution in [-0.2, 0) is 9.47 Å². The van der Waals surface area contributed by atoms with E-state index in [1.54, 1.807) is 47.9 Å². The minimum absolute atomic E-state index is 0.0946. The van der Waals surface area contributed by atoms with Crippen molar-refractivity contribution in [3.63, 3.8) is 0 Å². The zero-order valence-electron chi connectivity index (χ0n) is 31.0. The first kappa shape index (κ1) is 43.9. The number of hydrogen-bond acceptors (Lipinski definition) is 19. The molecule has 0 saturated heterocycles. The molecule has 0 bridgehead atoms. The molecule has 0 aliphatic heterocycles. The number of nitrogens with zero attached hydrogens (tertiary/aromatic N) is 13. The van der Waals surface area contributed by atoms with Crippen LogP contribution in [0.3, 0.4) is 0 Å². The van der Waals surface area contributed by atoms with Gasteiger partial charge in [0.15, 0.2) is 27.7 Å². The van der Waals surface area contributed by atoms with Crippen molar-refractivity contribution in [2.24, 2.45) is 0 Å². The lowest BCUT2D eigenvalue weighted by Gasteiger charge is -2.19. The maximum Gasteiger partial charge on any atom is 0.421 e. The number of nitrogen functional groups attached to an aromatic ring is 3. The number of aromatic nitrogens is 16. The van der Waals surface area contributed by atoms with Gasteiger partial charge < -0.3 is 41.6 Å². The lowest BCUT2D eigenvalue weighted by Crippen LogP contribution is -2.27. The number of anilines is 4. The molecule has 28 heteroatoms. The number of nitrogens with one attached hydrogen (secondary N) is 4. The maximum absolute atomic E-state index is 12.0. The molecule has 8 aromatic heterocycles. The molecule has 0 radical (unpaired) electrons. The molecule has 0 aliphatic rings. The predicted molar refractivity (Wildman–Crippen MR) is 238 cm³/mol. The fourth-order valence-corrected chi connectivity index (χ4v) is 6.32. The summed E-state index contributed by atoms with van der Waals surface area (Å²) in [7, 11) is 0. The average molecular weight is 1150 g/mol. The number of halogens is 4. The van der Waals surface area contributed by atoms with Crippen LogP contribution in [0.2, 0.25) is 5.15 Å². The molecule has 10 N–H and O–H groups in total.